The maximum absolute atomic E-state index is 13.0. The lowest BCUT2D eigenvalue weighted by Crippen LogP contribution is -2.40. The van der Waals surface area contributed by atoms with E-state index in [0.717, 1.165) is 38.5 Å². The lowest BCUT2D eigenvalue weighted by atomic mass is 10.0. The predicted octanol–water partition coefficient (Wildman–Crippen LogP) is 24.4. The van der Waals surface area contributed by atoms with Crippen molar-refractivity contribution in [1.29, 1.82) is 0 Å². The Balaban J connectivity index is 3.97. The van der Waals surface area contributed by atoms with E-state index in [0.29, 0.717) is 17.4 Å². The molecule has 0 aliphatic rings. The first-order valence-corrected chi connectivity index (χ1v) is 38.9. The first-order valence-electron chi connectivity index (χ1n) is 38.9. The molecule has 1 N–H and O–H groups in total. The number of carboxylic acids is 1. The van der Waals surface area contributed by atoms with Crippen molar-refractivity contribution < 1.29 is 42.9 Å². The number of rotatable bonds is 74. The van der Waals surface area contributed by atoms with Crippen LogP contribution in [0.4, 0.5) is 0 Å². The minimum absolute atomic E-state index is 0.173. The highest BCUT2D eigenvalue weighted by molar-refractivity contribution is 5.71. The summed E-state index contributed by atoms with van der Waals surface area (Å²) in [6.45, 7) is 4.97. The number of hydrogen-bond acceptors (Lipinski definition) is 7. The molecule has 0 bridgehead atoms. The molecule has 0 aromatic rings. The Hall–Kier alpha value is -1.97. The number of unbranched alkanes of at least 4 members (excludes halogenated alkanes) is 57. The van der Waals surface area contributed by atoms with Crippen LogP contribution in [0.15, 0.2) is 12.2 Å². The van der Waals surface area contributed by atoms with Gasteiger partial charge in [-0.05, 0) is 38.5 Å². The van der Waals surface area contributed by atoms with E-state index in [1.807, 2.05) is 21.1 Å². The highest BCUT2D eigenvalue weighted by Gasteiger charge is 2.25. The van der Waals surface area contributed by atoms with Crippen LogP contribution in [0, 0.1) is 0 Å². The summed E-state index contributed by atoms with van der Waals surface area (Å²) in [6.07, 6.45) is 83.7. The van der Waals surface area contributed by atoms with Crippen molar-refractivity contribution in [1.82, 2.24) is 0 Å². The monoisotopic (exact) mass is 1230 g/mol. The summed E-state index contributed by atoms with van der Waals surface area (Å²) in [6, 6.07) is 0. The van der Waals surface area contributed by atoms with E-state index in [1.54, 1.807) is 0 Å². The predicted molar refractivity (Wildman–Crippen MR) is 374 cm³/mol. The van der Waals surface area contributed by atoms with Crippen molar-refractivity contribution in [3.63, 3.8) is 0 Å². The molecule has 9 heteroatoms. The number of esters is 2. The van der Waals surface area contributed by atoms with Crippen LogP contribution in [0.25, 0.3) is 0 Å². The van der Waals surface area contributed by atoms with Crippen molar-refractivity contribution in [3.05, 3.63) is 12.2 Å². The van der Waals surface area contributed by atoms with Gasteiger partial charge < -0.3 is 28.5 Å². The summed E-state index contributed by atoms with van der Waals surface area (Å²) < 4.78 is 23.1. The Morgan fingerprint density at radius 2 is 0.586 bits per heavy atom. The molecule has 0 aromatic carbocycles. The van der Waals surface area contributed by atoms with Crippen molar-refractivity contribution in [2.45, 2.75) is 424 Å². The average molecular weight is 1230 g/mol. The van der Waals surface area contributed by atoms with Gasteiger partial charge in [0.25, 0.3) is 6.29 Å². The summed E-state index contributed by atoms with van der Waals surface area (Å²) in [7, 11) is 6.00. The smallest absolute Gasteiger partial charge is 0.361 e. The van der Waals surface area contributed by atoms with Crippen LogP contribution in [-0.2, 0) is 33.3 Å². The third kappa shape index (κ3) is 71.3. The lowest BCUT2D eigenvalue weighted by Gasteiger charge is -2.25. The van der Waals surface area contributed by atoms with Crippen LogP contribution >= 0.6 is 0 Å². The minimum Gasteiger partial charge on any atom is -0.477 e. The zero-order chi connectivity index (χ0) is 63.3. The molecule has 0 heterocycles. The van der Waals surface area contributed by atoms with Gasteiger partial charge in [0.1, 0.15) is 13.2 Å². The molecule has 2 atom stereocenters. The molecule has 0 fully saturated rings. The fraction of sp³-hybridized carbons (Fsp3) is 0.936. The second-order valence-corrected chi connectivity index (χ2v) is 28.0. The zero-order valence-corrected chi connectivity index (χ0v) is 59.2. The molecular weight excluding hydrogens is 1080 g/mol. The first kappa shape index (κ1) is 85.0. The van der Waals surface area contributed by atoms with Crippen LogP contribution in [0.1, 0.15) is 412 Å². The molecule has 87 heavy (non-hydrogen) atoms. The van der Waals surface area contributed by atoms with Gasteiger partial charge in [-0.25, -0.2) is 4.79 Å². The van der Waals surface area contributed by atoms with Crippen LogP contribution in [0.3, 0.4) is 0 Å². The number of aliphatic carboxylic acids is 1. The molecule has 516 valence electrons. The van der Waals surface area contributed by atoms with E-state index < -0.39 is 18.4 Å². The van der Waals surface area contributed by atoms with Gasteiger partial charge >= 0.3 is 17.9 Å². The quantitative estimate of drug-likeness (QED) is 0.0211. The molecule has 2 unspecified atom stereocenters. The van der Waals surface area contributed by atoms with Crippen LogP contribution in [-0.4, -0.2) is 87.4 Å². The molecule has 0 saturated heterocycles. The molecule has 0 spiro atoms. The summed E-state index contributed by atoms with van der Waals surface area (Å²) in [4.78, 5) is 37.7. The number of ether oxygens (including phenoxy) is 4. The van der Waals surface area contributed by atoms with Gasteiger partial charge in [0.05, 0.1) is 34.4 Å². The SMILES string of the molecule is CCCCCCCCCC/C=C\CCCCCCCCCCCCCCCCCCCCCCCCCC(=O)OC(COC(=O)CCCCCCCCCCCCCCCCCCCCCCCCCCCCC)COC(OCC[N+](C)(C)C)C(=O)O. The Bertz CT molecular complexity index is 1430. The molecule has 0 rings (SSSR count). The fourth-order valence-corrected chi connectivity index (χ4v) is 12.1. The number of allylic oxidation sites excluding steroid dienone is 2. The molecule has 0 aromatic heterocycles. The fourth-order valence-electron chi connectivity index (χ4n) is 12.1. The van der Waals surface area contributed by atoms with Gasteiger partial charge in [-0.2, -0.15) is 0 Å². The Morgan fingerprint density at radius 1 is 0.333 bits per heavy atom. The van der Waals surface area contributed by atoms with E-state index in [4.69, 9.17) is 18.9 Å². The summed E-state index contributed by atoms with van der Waals surface area (Å²) in [5, 5.41) is 9.76. The average Bonchev–Trinajstić information content (AvgIpc) is 3.56. The number of carbonyl (C=O) groups excluding carboxylic acids is 2. The standard InChI is InChI=1S/C78H151NO8/c1-6-8-10-12-14-16-18-20-22-24-26-28-30-32-34-35-36-37-38-39-40-41-43-45-47-49-51-53-55-57-59-61-63-65-67-69-76(81)87-74(73-86-78(77(82)83)84-71-70-79(3,4)5)72-85-75(80)68-66-64-62-60-58-56-54-52-50-48-46-44-42-33-31-29-27-25-23-21-19-17-15-13-11-9-7-2/h24,26,74,78H,6-23,25,27-73H2,1-5H3/p+1/b26-24-. The summed E-state index contributed by atoms with van der Waals surface area (Å²) >= 11 is 0. The number of carbonyl (C=O) groups is 3. The molecule has 9 nitrogen and oxygen atoms in total. The number of quaternary nitrogens is 1. The topological polar surface area (TPSA) is 108 Å². The van der Waals surface area contributed by atoms with Gasteiger partial charge in [-0.3, -0.25) is 9.59 Å². The van der Waals surface area contributed by atoms with Crippen LogP contribution in [0.5, 0.6) is 0 Å². The Kier molecular flexibility index (Phi) is 68.3. The second kappa shape index (κ2) is 69.9. The maximum Gasteiger partial charge on any atom is 0.361 e. The zero-order valence-electron chi connectivity index (χ0n) is 59.2. The summed E-state index contributed by atoms with van der Waals surface area (Å²) in [5.74, 6) is -1.96. The van der Waals surface area contributed by atoms with Gasteiger partial charge in [-0.1, -0.05) is 373 Å². The third-order valence-electron chi connectivity index (χ3n) is 18.0. The van der Waals surface area contributed by atoms with E-state index >= 15 is 0 Å². The molecule has 0 amide bonds. The molecular formula is C78H152NO8+. The normalized spacial score (nSPS) is 12.6. The molecule has 0 saturated carbocycles. The first-order chi connectivity index (χ1) is 42.6. The minimum atomic E-state index is -1.51. The largest absolute Gasteiger partial charge is 0.477 e. The summed E-state index contributed by atoms with van der Waals surface area (Å²) in [5.41, 5.74) is 0. The van der Waals surface area contributed by atoms with Gasteiger partial charge in [0, 0.05) is 12.8 Å². The van der Waals surface area contributed by atoms with Crippen molar-refractivity contribution >= 4 is 17.9 Å². The van der Waals surface area contributed by atoms with E-state index in [9.17, 15) is 19.5 Å². The number of nitrogens with zero attached hydrogens (tertiary/aromatic N) is 1. The van der Waals surface area contributed by atoms with Gasteiger partial charge in [0.2, 0.25) is 0 Å². The Morgan fingerprint density at radius 3 is 0.851 bits per heavy atom. The highest BCUT2D eigenvalue weighted by Crippen LogP contribution is 2.20. The van der Waals surface area contributed by atoms with Gasteiger partial charge in [0.15, 0.2) is 6.10 Å². The van der Waals surface area contributed by atoms with Crippen molar-refractivity contribution in [2.24, 2.45) is 0 Å². The third-order valence-corrected chi connectivity index (χ3v) is 18.0. The van der Waals surface area contributed by atoms with Crippen LogP contribution < -0.4 is 0 Å². The Labute approximate surface area is 542 Å². The van der Waals surface area contributed by atoms with E-state index in [2.05, 4.69) is 26.0 Å². The van der Waals surface area contributed by atoms with Crippen molar-refractivity contribution in [2.75, 3.05) is 47.5 Å². The highest BCUT2D eigenvalue weighted by atomic mass is 16.7. The molecule has 0 aliphatic carbocycles. The molecule has 0 radical (unpaired) electrons. The number of likely N-dealkylation sites (N-methyl/N-ethyl adjacent to an activating group) is 1. The second-order valence-electron chi connectivity index (χ2n) is 28.0. The lowest BCUT2D eigenvalue weighted by molar-refractivity contribution is -0.870. The van der Waals surface area contributed by atoms with Crippen molar-refractivity contribution in [3.8, 4) is 0 Å². The van der Waals surface area contributed by atoms with E-state index in [1.165, 1.54) is 347 Å². The van der Waals surface area contributed by atoms with E-state index in [-0.39, 0.29) is 38.2 Å². The van der Waals surface area contributed by atoms with Gasteiger partial charge in [-0.15, -0.1) is 0 Å². The molecule has 0 aliphatic heterocycles. The number of carboxylic acid groups (broad SMARTS) is 1. The maximum atomic E-state index is 13.0. The van der Waals surface area contributed by atoms with Crippen LogP contribution in [0.2, 0.25) is 0 Å². The number of hydrogen-bond donors (Lipinski definition) is 1.